The number of nitrogens with zero attached hydrogens (tertiary/aromatic N) is 1. The van der Waals surface area contributed by atoms with Gasteiger partial charge >= 0.3 is 0 Å². The first kappa shape index (κ1) is 22.3. The summed E-state index contributed by atoms with van der Waals surface area (Å²) in [5, 5.41) is 13.9. The second-order valence-corrected chi connectivity index (χ2v) is 8.93. The minimum atomic E-state index is -0.495. The number of aliphatic hydroxyl groups is 1. The van der Waals surface area contributed by atoms with Gasteiger partial charge in [-0.3, -0.25) is 0 Å². The highest BCUT2D eigenvalue weighted by atomic mass is 16.5. The summed E-state index contributed by atoms with van der Waals surface area (Å²) in [6.45, 7) is 8.72. The fourth-order valence-corrected chi connectivity index (χ4v) is 4.03. The van der Waals surface area contributed by atoms with Crippen molar-refractivity contribution in [1.82, 2.24) is 10.2 Å². The normalized spacial score (nSPS) is 20.9. The van der Waals surface area contributed by atoms with E-state index in [2.05, 4.69) is 23.2 Å². The van der Waals surface area contributed by atoms with Gasteiger partial charge in [-0.05, 0) is 43.6 Å². The Morgan fingerprint density at radius 2 is 1.86 bits per heavy atom. The largest absolute Gasteiger partial charge is 0.493 e. The van der Waals surface area contributed by atoms with Gasteiger partial charge in [-0.1, -0.05) is 32.3 Å². The van der Waals surface area contributed by atoms with Crippen LogP contribution in [0.3, 0.4) is 0 Å². The molecule has 0 aromatic heterocycles. The fourth-order valence-electron chi connectivity index (χ4n) is 4.03. The molecule has 6 heteroatoms. The summed E-state index contributed by atoms with van der Waals surface area (Å²) in [7, 11) is 1.66. The molecule has 2 heterocycles. The Labute approximate surface area is 175 Å². The quantitative estimate of drug-likeness (QED) is 0.623. The molecule has 0 spiro atoms. The molecule has 2 N–H and O–H groups in total. The number of hydrogen-bond donors (Lipinski definition) is 2. The van der Waals surface area contributed by atoms with Crippen molar-refractivity contribution in [3.63, 3.8) is 0 Å². The van der Waals surface area contributed by atoms with Crippen LogP contribution in [0.4, 0.5) is 0 Å². The molecule has 3 rings (SSSR count). The van der Waals surface area contributed by atoms with Gasteiger partial charge in [0.1, 0.15) is 12.7 Å². The molecule has 0 aliphatic carbocycles. The number of benzene rings is 1. The van der Waals surface area contributed by atoms with Crippen molar-refractivity contribution in [3.8, 4) is 11.5 Å². The summed E-state index contributed by atoms with van der Waals surface area (Å²) in [5.74, 6) is 1.39. The number of hydrogen-bond acceptors (Lipinski definition) is 6. The molecule has 6 nitrogen and oxygen atoms in total. The number of rotatable bonds is 10. The van der Waals surface area contributed by atoms with Crippen LogP contribution in [0.25, 0.3) is 0 Å². The maximum absolute atomic E-state index is 10.4. The highest BCUT2D eigenvalue weighted by Gasteiger charge is 2.32. The van der Waals surface area contributed by atoms with E-state index in [1.54, 1.807) is 7.11 Å². The molecular formula is C23H38N2O4. The van der Waals surface area contributed by atoms with Crippen LogP contribution in [0.1, 0.15) is 44.6 Å². The maximum Gasteiger partial charge on any atom is 0.161 e. The third kappa shape index (κ3) is 7.14. The molecule has 0 bridgehead atoms. The predicted molar refractivity (Wildman–Crippen MR) is 115 cm³/mol. The molecular weight excluding hydrogens is 368 g/mol. The minimum absolute atomic E-state index is 0.260. The molecule has 0 unspecified atom stereocenters. The SMILES string of the molecule is COc1cc(CNCC2(C)COC2)ccc1OC[C@H](O)CN1CCCCCCC1. The van der Waals surface area contributed by atoms with Crippen LogP contribution in [-0.2, 0) is 11.3 Å². The summed E-state index contributed by atoms with van der Waals surface area (Å²) in [6, 6.07) is 5.99. The molecule has 0 saturated carbocycles. The summed E-state index contributed by atoms with van der Waals surface area (Å²) in [5.41, 5.74) is 1.41. The molecule has 2 aliphatic rings. The zero-order valence-corrected chi connectivity index (χ0v) is 18.1. The Morgan fingerprint density at radius 1 is 1.14 bits per heavy atom. The second-order valence-electron chi connectivity index (χ2n) is 8.93. The van der Waals surface area contributed by atoms with E-state index in [1.165, 1.54) is 32.1 Å². The highest BCUT2D eigenvalue weighted by molar-refractivity contribution is 5.43. The average Bonchev–Trinajstić information content (AvgIpc) is 2.67. The molecule has 1 aromatic carbocycles. The zero-order valence-electron chi connectivity index (χ0n) is 18.1. The van der Waals surface area contributed by atoms with E-state index in [0.717, 1.165) is 45.0 Å². The Hall–Kier alpha value is -1.34. The summed E-state index contributed by atoms with van der Waals surface area (Å²) < 4.78 is 16.7. The van der Waals surface area contributed by atoms with E-state index in [0.29, 0.717) is 18.0 Å². The van der Waals surface area contributed by atoms with Gasteiger partial charge in [0.05, 0.1) is 20.3 Å². The molecule has 2 fully saturated rings. The van der Waals surface area contributed by atoms with Gasteiger partial charge in [0.15, 0.2) is 11.5 Å². The average molecular weight is 407 g/mol. The monoisotopic (exact) mass is 406 g/mol. The first-order valence-electron chi connectivity index (χ1n) is 11.1. The van der Waals surface area contributed by atoms with Crippen LogP contribution in [0.2, 0.25) is 0 Å². The Kier molecular flexibility index (Phi) is 8.60. The summed E-state index contributed by atoms with van der Waals surface area (Å²) >= 11 is 0. The van der Waals surface area contributed by atoms with Crippen molar-refractivity contribution in [3.05, 3.63) is 23.8 Å². The van der Waals surface area contributed by atoms with Crippen molar-refractivity contribution in [1.29, 1.82) is 0 Å². The van der Waals surface area contributed by atoms with Crippen LogP contribution >= 0.6 is 0 Å². The highest BCUT2D eigenvalue weighted by Crippen LogP contribution is 2.29. The van der Waals surface area contributed by atoms with Crippen molar-refractivity contribution < 1.29 is 19.3 Å². The second kappa shape index (κ2) is 11.2. The first-order valence-corrected chi connectivity index (χ1v) is 11.1. The molecule has 1 atom stereocenters. The molecule has 2 saturated heterocycles. The standard InChI is InChI=1S/C23H38N2O4/c1-23(17-28-18-23)16-24-13-19-8-9-21(22(12-19)27-2)29-15-20(26)14-25-10-6-4-3-5-7-11-25/h8-9,12,20,24,26H,3-7,10-11,13-18H2,1-2H3/t20-/m1/s1. The number of nitrogens with one attached hydrogen (secondary N) is 1. The Bertz CT molecular complexity index is 613. The van der Waals surface area contributed by atoms with Gasteiger partial charge in [-0.2, -0.15) is 0 Å². The molecule has 29 heavy (non-hydrogen) atoms. The number of β-amino-alcohol motifs (C(OH)–C–C–N with tert-alkyl or cyclic N) is 1. The van der Waals surface area contributed by atoms with E-state index in [1.807, 2.05) is 12.1 Å². The van der Waals surface area contributed by atoms with Crippen LogP contribution < -0.4 is 14.8 Å². The minimum Gasteiger partial charge on any atom is -0.493 e. The molecule has 0 amide bonds. The number of likely N-dealkylation sites (tertiary alicyclic amines) is 1. The number of methoxy groups -OCH3 is 1. The first-order chi connectivity index (χ1) is 14.1. The van der Waals surface area contributed by atoms with Gasteiger partial charge in [0.25, 0.3) is 0 Å². The van der Waals surface area contributed by atoms with Gasteiger partial charge in [0.2, 0.25) is 0 Å². The zero-order chi connectivity index (χ0) is 20.5. The molecule has 2 aliphatic heterocycles. The summed E-state index contributed by atoms with van der Waals surface area (Å²) in [4.78, 5) is 2.37. The lowest BCUT2D eigenvalue weighted by atomic mass is 9.89. The van der Waals surface area contributed by atoms with E-state index < -0.39 is 6.10 Å². The topological polar surface area (TPSA) is 63.2 Å². The molecule has 164 valence electrons. The summed E-state index contributed by atoms with van der Waals surface area (Å²) in [6.07, 6.45) is 5.90. The van der Waals surface area contributed by atoms with Crippen LogP contribution in [0.5, 0.6) is 11.5 Å². The van der Waals surface area contributed by atoms with Crippen LogP contribution in [0, 0.1) is 5.41 Å². The van der Waals surface area contributed by atoms with Gasteiger partial charge in [-0.15, -0.1) is 0 Å². The van der Waals surface area contributed by atoms with Gasteiger partial charge in [-0.25, -0.2) is 0 Å². The van der Waals surface area contributed by atoms with E-state index in [-0.39, 0.29) is 12.0 Å². The smallest absolute Gasteiger partial charge is 0.161 e. The Morgan fingerprint density at radius 3 is 2.52 bits per heavy atom. The third-order valence-corrected chi connectivity index (χ3v) is 5.86. The predicted octanol–water partition coefficient (Wildman–Crippen LogP) is 2.83. The number of aliphatic hydroxyl groups excluding tert-OH is 1. The number of ether oxygens (including phenoxy) is 3. The lowest BCUT2D eigenvalue weighted by Gasteiger charge is -2.38. The lowest BCUT2D eigenvalue weighted by molar-refractivity contribution is -0.0991. The van der Waals surface area contributed by atoms with E-state index in [9.17, 15) is 5.11 Å². The van der Waals surface area contributed by atoms with Crippen molar-refractivity contribution in [2.45, 2.75) is 51.7 Å². The van der Waals surface area contributed by atoms with Gasteiger partial charge in [0, 0.05) is 25.0 Å². The van der Waals surface area contributed by atoms with E-state index in [4.69, 9.17) is 14.2 Å². The van der Waals surface area contributed by atoms with E-state index >= 15 is 0 Å². The van der Waals surface area contributed by atoms with Crippen molar-refractivity contribution in [2.75, 3.05) is 53.1 Å². The lowest BCUT2D eigenvalue weighted by Crippen LogP contribution is -2.47. The van der Waals surface area contributed by atoms with Crippen LogP contribution in [-0.4, -0.2) is 69.2 Å². The van der Waals surface area contributed by atoms with Crippen molar-refractivity contribution >= 4 is 0 Å². The molecule has 1 aromatic rings. The van der Waals surface area contributed by atoms with Crippen molar-refractivity contribution in [2.24, 2.45) is 5.41 Å². The fraction of sp³-hybridized carbons (Fsp3) is 0.739. The maximum atomic E-state index is 10.4. The Balaban J connectivity index is 1.44. The van der Waals surface area contributed by atoms with Gasteiger partial charge < -0.3 is 29.5 Å². The third-order valence-electron chi connectivity index (χ3n) is 5.86. The van der Waals surface area contributed by atoms with Crippen LogP contribution in [0.15, 0.2) is 18.2 Å². The molecule has 0 radical (unpaired) electrons.